The fourth-order valence-corrected chi connectivity index (χ4v) is 7.77. The number of carbonyl (C=O) groups is 9. The summed E-state index contributed by atoms with van der Waals surface area (Å²) >= 11 is 4.11. The number of aliphatic imine (C=N–C) groups is 1. The van der Waals surface area contributed by atoms with Crippen LogP contribution in [0.15, 0.2) is 84.5 Å². The number of carboxylic acids is 2. The maximum Gasteiger partial charge on any atom is 0.305 e. The molecule has 75 heavy (non-hydrogen) atoms. The third-order valence-corrected chi connectivity index (χ3v) is 12.0. The number of amides is 6. The molecule has 6 amide bonds. The fourth-order valence-electron chi connectivity index (χ4n) is 7.61. The van der Waals surface area contributed by atoms with Crippen LogP contribution in [0.3, 0.4) is 0 Å². The first-order valence-electron chi connectivity index (χ1n) is 24.2. The van der Waals surface area contributed by atoms with Crippen molar-refractivity contribution in [2.45, 2.75) is 51.6 Å². The average Bonchev–Trinajstić information content (AvgIpc) is 3.80. The van der Waals surface area contributed by atoms with E-state index >= 15 is 0 Å². The number of nitrogens with two attached hydrogens (primary N) is 2. The fraction of sp³-hybridized carbons (Fsp3) is 0.440. The standard InChI is InChI=1S/C50H67N13O11S/c1-58(30-39(64)10-6-23-75)43(66)31-61(21-14-48(71)72)46(69)35-63(29-37-9-5-17-54-26-37)47(70)34-59(19-7-18-56-50(51)52)44(67)33-62(22-15-49(73)74)45(68)32-60(42(65)28-55-25-36-8-4-16-53-24-36)20-13-38-27-57-41-12-3-2-11-40(38)41/h2-5,8-9,11-12,16-17,24,26-27,55,57,75H,6-7,10,13-15,18-23,25,28-35H2,1H3,(H,71,72)(H,73,74)(H4,51,52,56). The Hall–Kier alpha value is -7.93. The van der Waals surface area contributed by atoms with Gasteiger partial charge in [-0.1, -0.05) is 30.3 Å². The number of para-hydroxylation sites is 1. The molecule has 4 aromatic rings. The van der Waals surface area contributed by atoms with E-state index in [0.717, 1.165) is 46.5 Å². The SMILES string of the molecule is CN(CC(=O)CCCS)C(=O)CN(CCC(=O)O)C(=O)CN(Cc1cccnc1)C(=O)CN(CCCN=C(N)N)C(=O)CN(CCC(=O)O)C(=O)CN(CCc1c[nH]c2ccccc12)C(=O)CNCc1cccnc1. The zero-order valence-corrected chi connectivity index (χ0v) is 42.9. The maximum atomic E-state index is 14.5. The van der Waals surface area contributed by atoms with Crippen molar-refractivity contribution in [1.82, 2.24) is 49.7 Å². The second-order valence-corrected chi connectivity index (χ2v) is 18.0. The molecule has 0 atom stereocenters. The predicted molar refractivity (Wildman–Crippen MR) is 279 cm³/mol. The molecule has 4 rings (SSSR count). The molecule has 8 N–H and O–H groups in total. The summed E-state index contributed by atoms with van der Waals surface area (Å²) in [6.07, 6.45) is 8.04. The van der Waals surface area contributed by atoms with Crippen molar-refractivity contribution in [2.24, 2.45) is 16.5 Å². The van der Waals surface area contributed by atoms with Gasteiger partial charge in [0.1, 0.15) is 6.54 Å². The number of thiol groups is 1. The number of aromatic amines is 1. The molecule has 0 saturated heterocycles. The molecule has 0 saturated carbocycles. The summed E-state index contributed by atoms with van der Waals surface area (Å²) in [6, 6.07) is 14.4. The number of carbonyl (C=O) groups excluding carboxylic acids is 7. The lowest BCUT2D eigenvalue weighted by Crippen LogP contribution is -2.52. The number of aliphatic carboxylic acids is 2. The lowest BCUT2D eigenvalue weighted by Gasteiger charge is -2.32. The number of likely N-dealkylation sites (N-methyl/N-ethyl adjacent to an activating group) is 1. The van der Waals surface area contributed by atoms with Crippen LogP contribution in [-0.4, -0.2) is 205 Å². The number of H-pyrrole nitrogens is 1. The van der Waals surface area contributed by atoms with Crippen LogP contribution >= 0.6 is 12.6 Å². The quantitative estimate of drug-likeness (QED) is 0.0140. The molecule has 24 nitrogen and oxygen atoms in total. The Kier molecular flexibility index (Phi) is 25.1. The van der Waals surface area contributed by atoms with Crippen LogP contribution in [0.25, 0.3) is 10.9 Å². The van der Waals surface area contributed by atoms with Crippen molar-refractivity contribution in [3.63, 3.8) is 0 Å². The predicted octanol–water partition coefficient (Wildman–Crippen LogP) is -0.0162. The molecule has 0 unspecified atom stereocenters. The highest BCUT2D eigenvalue weighted by atomic mass is 32.1. The van der Waals surface area contributed by atoms with E-state index in [1.807, 2.05) is 36.5 Å². The Morgan fingerprint density at radius 1 is 0.640 bits per heavy atom. The topological polar surface area (TPSA) is 332 Å². The van der Waals surface area contributed by atoms with Crippen molar-refractivity contribution in [2.75, 3.05) is 91.3 Å². The van der Waals surface area contributed by atoms with Crippen LogP contribution in [0, 0.1) is 0 Å². The van der Waals surface area contributed by atoms with Gasteiger partial charge in [0, 0.05) is 101 Å². The first-order chi connectivity index (χ1) is 35.9. The average molecular weight is 1060 g/mol. The first-order valence-corrected chi connectivity index (χ1v) is 24.8. The molecule has 0 spiro atoms. The Morgan fingerprint density at radius 3 is 1.76 bits per heavy atom. The van der Waals surface area contributed by atoms with E-state index in [1.165, 1.54) is 24.3 Å². The lowest BCUT2D eigenvalue weighted by atomic mass is 10.1. The number of carboxylic acid groups (broad SMARTS) is 2. The summed E-state index contributed by atoms with van der Waals surface area (Å²) in [5.41, 5.74) is 14.1. The van der Waals surface area contributed by atoms with Crippen LogP contribution in [0.2, 0.25) is 0 Å². The number of nitrogens with one attached hydrogen (secondary N) is 2. The largest absolute Gasteiger partial charge is 0.481 e. The number of rotatable bonds is 34. The number of ketones is 1. The van der Waals surface area contributed by atoms with E-state index in [4.69, 9.17) is 11.5 Å². The van der Waals surface area contributed by atoms with Crippen LogP contribution < -0.4 is 16.8 Å². The maximum absolute atomic E-state index is 14.5. The van der Waals surface area contributed by atoms with Gasteiger partial charge < -0.3 is 61.4 Å². The van der Waals surface area contributed by atoms with Gasteiger partial charge in [-0.3, -0.25) is 58.1 Å². The third-order valence-electron chi connectivity index (χ3n) is 11.7. The van der Waals surface area contributed by atoms with Gasteiger partial charge in [-0.25, -0.2) is 0 Å². The highest BCUT2D eigenvalue weighted by Crippen LogP contribution is 2.19. The summed E-state index contributed by atoms with van der Waals surface area (Å²) < 4.78 is 0. The van der Waals surface area contributed by atoms with E-state index < -0.39 is 106 Å². The van der Waals surface area contributed by atoms with Crippen molar-refractivity contribution < 1.29 is 53.4 Å². The Morgan fingerprint density at radius 2 is 1.19 bits per heavy atom. The minimum absolute atomic E-state index is 0.0178. The molecule has 3 heterocycles. The van der Waals surface area contributed by atoms with Gasteiger partial charge in [-0.15, -0.1) is 0 Å². The molecule has 0 aliphatic heterocycles. The molecule has 25 heteroatoms. The Bertz CT molecular complexity index is 2580. The highest BCUT2D eigenvalue weighted by molar-refractivity contribution is 7.80. The van der Waals surface area contributed by atoms with Gasteiger partial charge in [-0.05, 0) is 59.9 Å². The van der Waals surface area contributed by atoms with Crippen molar-refractivity contribution >= 4 is 82.7 Å². The minimum atomic E-state index is -1.27. The number of nitrogens with zero attached hydrogens (tertiary/aromatic N) is 9. The van der Waals surface area contributed by atoms with Gasteiger partial charge in [0.15, 0.2) is 11.7 Å². The number of hydrogen-bond donors (Lipinski definition) is 7. The second-order valence-electron chi connectivity index (χ2n) is 17.5. The zero-order chi connectivity index (χ0) is 54.7. The van der Waals surface area contributed by atoms with E-state index in [9.17, 15) is 53.4 Å². The molecule has 1 aromatic carbocycles. The zero-order valence-electron chi connectivity index (χ0n) is 42.1. The molecule has 0 bridgehead atoms. The summed E-state index contributed by atoms with van der Waals surface area (Å²) in [5.74, 6) is -6.77. The molecule has 0 radical (unpaired) electrons. The highest BCUT2D eigenvalue weighted by Gasteiger charge is 2.30. The number of hydrogen-bond acceptors (Lipinski definition) is 14. The summed E-state index contributed by atoms with van der Waals surface area (Å²) in [4.78, 5) is 143. The smallest absolute Gasteiger partial charge is 0.305 e. The van der Waals surface area contributed by atoms with Gasteiger partial charge in [0.05, 0.1) is 52.1 Å². The summed E-state index contributed by atoms with van der Waals surface area (Å²) in [6.45, 7) is -4.50. The number of pyridine rings is 2. The van der Waals surface area contributed by atoms with Crippen molar-refractivity contribution in [3.05, 3.63) is 96.2 Å². The van der Waals surface area contributed by atoms with Crippen LogP contribution in [0.5, 0.6) is 0 Å². The number of Topliss-reactive ketones (excluding diaryl/α,β-unsaturated/α-hetero) is 1. The second kappa shape index (κ2) is 31.6. The Balaban J connectivity index is 1.60. The van der Waals surface area contributed by atoms with Crippen molar-refractivity contribution in [3.8, 4) is 0 Å². The number of aromatic nitrogens is 3. The van der Waals surface area contributed by atoms with E-state index in [1.54, 1.807) is 30.6 Å². The summed E-state index contributed by atoms with van der Waals surface area (Å²) in [7, 11) is 1.38. The number of benzene rings is 1. The van der Waals surface area contributed by atoms with Gasteiger partial charge >= 0.3 is 11.9 Å². The van der Waals surface area contributed by atoms with E-state index in [-0.39, 0.29) is 63.9 Å². The molecule has 3 aromatic heterocycles. The Labute approximate surface area is 439 Å². The third kappa shape index (κ3) is 21.6. The van der Waals surface area contributed by atoms with E-state index in [2.05, 4.69) is 37.9 Å². The lowest BCUT2D eigenvalue weighted by molar-refractivity contribution is -0.149. The van der Waals surface area contributed by atoms with Crippen LogP contribution in [-0.2, 0) is 62.7 Å². The van der Waals surface area contributed by atoms with Gasteiger partial charge in [-0.2, -0.15) is 12.6 Å². The van der Waals surface area contributed by atoms with E-state index in [0.29, 0.717) is 30.7 Å². The normalized spacial score (nSPS) is 10.8. The van der Waals surface area contributed by atoms with Crippen molar-refractivity contribution in [1.29, 1.82) is 0 Å². The first kappa shape index (κ1) is 59.6. The molecule has 0 aliphatic rings. The number of fused-ring (bicyclic) bond motifs is 1. The molecular weight excluding hydrogens is 991 g/mol. The molecule has 0 fully saturated rings. The van der Waals surface area contributed by atoms with Crippen LogP contribution in [0.1, 0.15) is 48.8 Å². The summed E-state index contributed by atoms with van der Waals surface area (Å²) in [5, 5.41) is 23.2. The van der Waals surface area contributed by atoms with Gasteiger partial charge in [0.2, 0.25) is 35.4 Å². The monoisotopic (exact) mass is 1060 g/mol. The minimum Gasteiger partial charge on any atom is -0.481 e. The molecule has 404 valence electrons. The molecular formula is C50H67N13O11S. The van der Waals surface area contributed by atoms with Crippen LogP contribution in [0.4, 0.5) is 0 Å². The van der Waals surface area contributed by atoms with Gasteiger partial charge in [0.25, 0.3) is 0 Å². The molecule has 0 aliphatic carbocycles. The number of guanidine groups is 1.